The summed E-state index contributed by atoms with van der Waals surface area (Å²) >= 11 is 0. The molecule has 0 radical (unpaired) electrons. The van der Waals surface area contributed by atoms with Crippen molar-refractivity contribution in [3.05, 3.63) is 65.0 Å². The van der Waals surface area contributed by atoms with Crippen molar-refractivity contribution in [1.29, 1.82) is 0 Å². The van der Waals surface area contributed by atoms with Gasteiger partial charge in [0, 0.05) is 6.07 Å². The standard InChI is InChI=1S/C17H14F4O3/c1-10(22)14-7-6-13(8-15(14)18)24-9-16(23)11-2-4-12(5-3-11)17(19,20)21/h2-8,16,23H,9H2,1H3. The number of aliphatic hydroxyl groups excluding tert-OH is 1. The highest BCUT2D eigenvalue weighted by molar-refractivity contribution is 5.94. The molecule has 3 nitrogen and oxygen atoms in total. The highest BCUT2D eigenvalue weighted by Gasteiger charge is 2.30. The number of hydrogen-bond donors (Lipinski definition) is 1. The molecule has 2 aromatic rings. The van der Waals surface area contributed by atoms with E-state index in [1.807, 2.05) is 0 Å². The van der Waals surface area contributed by atoms with E-state index < -0.39 is 29.4 Å². The summed E-state index contributed by atoms with van der Waals surface area (Å²) in [5, 5.41) is 9.93. The first-order valence-electron chi connectivity index (χ1n) is 6.97. The average molecular weight is 342 g/mol. The van der Waals surface area contributed by atoms with Crippen LogP contribution >= 0.6 is 0 Å². The van der Waals surface area contributed by atoms with Gasteiger partial charge in [0.2, 0.25) is 0 Å². The monoisotopic (exact) mass is 342 g/mol. The molecule has 0 aliphatic rings. The second-order valence-electron chi connectivity index (χ2n) is 5.14. The number of aliphatic hydroxyl groups is 1. The van der Waals surface area contributed by atoms with Crippen LogP contribution in [0, 0.1) is 5.82 Å². The van der Waals surface area contributed by atoms with Gasteiger partial charge < -0.3 is 9.84 Å². The Bertz CT molecular complexity index is 724. The van der Waals surface area contributed by atoms with Crippen LogP contribution in [0.3, 0.4) is 0 Å². The second kappa shape index (κ2) is 7.00. The molecule has 1 N–H and O–H groups in total. The summed E-state index contributed by atoms with van der Waals surface area (Å²) in [6.45, 7) is 0.956. The Morgan fingerprint density at radius 2 is 1.79 bits per heavy atom. The summed E-state index contributed by atoms with van der Waals surface area (Å²) in [6, 6.07) is 7.67. The molecule has 24 heavy (non-hydrogen) atoms. The first-order valence-corrected chi connectivity index (χ1v) is 6.97. The number of carbonyl (C=O) groups excluding carboxylic acids is 1. The van der Waals surface area contributed by atoms with Crippen molar-refractivity contribution in [2.45, 2.75) is 19.2 Å². The molecule has 7 heteroatoms. The van der Waals surface area contributed by atoms with Crippen LogP contribution in [-0.2, 0) is 6.18 Å². The number of Topliss-reactive ketones (excluding diaryl/α,β-unsaturated/α-hetero) is 1. The van der Waals surface area contributed by atoms with E-state index in [4.69, 9.17) is 4.74 Å². The van der Waals surface area contributed by atoms with Crippen LogP contribution in [0.5, 0.6) is 5.75 Å². The van der Waals surface area contributed by atoms with Crippen molar-refractivity contribution in [2.75, 3.05) is 6.61 Å². The molecule has 0 saturated heterocycles. The van der Waals surface area contributed by atoms with Crippen molar-refractivity contribution in [3.8, 4) is 5.75 Å². The van der Waals surface area contributed by atoms with Crippen LogP contribution in [0.1, 0.15) is 34.5 Å². The maximum atomic E-state index is 13.6. The molecule has 0 bridgehead atoms. The largest absolute Gasteiger partial charge is 0.490 e. The van der Waals surface area contributed by atoms with Gasteiger partial charge in [0.05, 0.1) is 11.1 Å². The number of ether oxygens (including phenoxy) is 1. The molecule has 2 rings (SSSR count). The summed E-state index contributed by atoms with van der Waals surface area (Å²) in [5.41, 5.74) is -0.657. The number of rotatable bonds is 5. The molecule has 0 spiro atoms. The number of benzene rings is 2. The molecular formula is C17H14F4O3. The van der Waals surface area contributed by atoms with Crippen molar-refractivity contribution in [3.63, 3.8) is 0 Å². The van der Waals surface area contributed by atoms with Crippen LogP contribution in [-0.4, -0.2) is 17.5 Å². The molecule has 0 aliphatic carbocycles. The molecule has 0 saturated carbocycles. The Morgan fingerprint density at radius 1 is 1.17 bits per heavy atom. The van der Waals surface area contributed by atoms with Crippen molar-refractivity contribution < 1.29 is 32.2 Å². The summed E-state index contributed by atoms with van der Waals surface area (Å²) < 4.78 is 56.3. The van der Waals surface area contributed by atoms with E-state index in [0.29, 0.717) is 0 Å². The number of ketones is 1. The van der Waals surface area contributed by atoms with Gasteiger partial charge in [-0.15, -0.1) is 0 Å². The van der Waals surface area contributed by atoms with Gasteiger partial charge in [-0.25, -0.2) is 4.39 Å². The minimum absolute atomic E-state index is 0.0781. The predicted octanol–water partition coefficient (Wildman–Crippen LogP) is 4.16. The van der Waals surface area contributed by atoms with Gasteiger partial charge in [0.15, 0.2) is 5.78 Å². The number of alkyl halides is 3. The maximum Gasteiger partial charge on any atom is 0.416 e. The fourth-order valence-corrected chi connectivity index (χ4v) is 2.04. The molecular weight excluding hydrogens is 328 g/mol. The molecule has 128 valence electrons. The molecule has 1 atom stereocenters. The number of halogens is 4. The third-order valence-electron chi connectivity index (χ3n) is 3.35. The lowest BCUT2D eigenvalue weighted by Gasteiger charge is -2.14. The Kier molecular flexibility index (Phi) is 5.23. The molecule has 0 amide bonds. The number of hydrogen-bond acceptors (Lipinski definition) is 3. The fraction of sp³-hybridized carbons (Fsp3) is 0.235. The lowest BCUT2D eigenvalue weighted by atomic mass is 10.1. The predicted molar refractivity (Wildman–Crippen MR) is 78.3 cm³/mol. The van der Waals surface area contributed by atoms with E-state index in [1.165, 1.54) is 19.1 Å². The van der Waals surface area contributed by atoms with Gasteiger partial charge in [-0.1, -0.05) is 12.1 Å². The minimum Gasteiger partial charge on any atom is -0.490 e. The Labute approximate surface area is 135 Å². The zero-order chi connectivity index (χ0) is 17.9. The summed E-state index contributed by atoms with van der Waals surface area (Å²) in [5.74, 6) is -1.07. The van der Waals surface area contributed by atoms with Gasteiger partial charge in [-0.3, -0.25) is 4.79 Å². The molecule has 0 fully saturated rings. The molecule has 2 aromatic carbocycles. The number of carbonyl (C=O) groups is 1. The second-order valence-corrected chi connectivity index (χ2v) is 5.14. The highest BCUT2D eigenvalue weighted by Crippen LogP contribution is 2.30. The first-order chi connectivity index (χ1) is 11.2. The quantitative estimate of drug-likeness (QED) is 0.656. The van der Waals surface area contributed by atoms with E-state index in [-0.39, 0.29) is 23.5 Å². The topological polar surface area (TPSA) is 46.5 Å². The van der Waals surface area contributed by atoms with Gasteiger partial charge >= 0.3 is 6.18 Å². The Hall–Kier alpha value is -2.41. The van der Waals surface area contributed by atoms with Crippen LogP contribution in [0.2, 0.25) is 0 Å². The Morgan fingerprint density at radius 3 is 2.29 bits per heavy atom. The van der Waals surface area contributed by atoms with E-state index in [2.05, 4.69) is 0 Å². The molecule has 0 heterocycles. The summed E-state index contributed by atoms with van der Waals surface area (Å²) in [7, 11) is 0. The van der Waals surface area contributed by atoms with Crippen molar-refractivity contribution >= 4 is 5.78 Å². The van der Waals surface area contributed by atoms with Crippen LogP contribution in [0.4, 0.5) is 17.6 Å². The summed E-state index contributed by atoms with van der Waals surface area (Å²) in [4.78, 5) is 11.1. The lowest BCUT2D eigenvalue weighted by Crippen LogP contribution is -2.11. The Balaban J connectivity index is 2.01. The zero-order valence-electron chi connectivity index (χ0n) is 12.6. The summed E-state index contributed by atoms with van der Waals surface area (Å²) in [6.07, 6.45) is -5.63. The van der Waals surface area contributed by atoms with Gasteiger partial charge in [-0.2, -0.15) is 13.2 Å². The lowest BCUT2D eigenvalue weighted by molar-refractivity contribution is -0.137. The van der Waals surface area contributed by atoms with Crippen LogP contribution in [0.25, 0.3) is 0 Å². The van der Waals surface area contributed by atoms with Crippen molar-refractivity contribution in [1.82, 2.24) is 0 Å². The third-order valence-corrected chi connectivity index (χ3v) is 3.35. The maximum absolute atomic E-state index is 13.6. The fourth-order valence-electron chi connectivity index (χ4n) is 2.04. The van der Waals surface area contributed by atoms with Crippen molar-refractivity contribution in [2.24, 2.45) is 0 Å². The average Bonchev–Trinajstić information content (AvgIpc) is 2.51. The van der Waals surface area contributed by atoms with E-state index >= 15 is 0 Å². The van der Waals surface area contributed by atoms with Crippen LogP contribution in [0.15, 0.2) is 42.5 Å². The molecule has 0 aromatic heterocycles. The SMILES string of the molecule is CC(=O)c1ccc(OCC(O)c2ccc(C(F)(F)F)cc2)cc1F. The zero-order valence-corrected chi connectivity index (χ0v) is 12.6. The molecule has 1 unspecified atom stereocenters. The normalized spacial score (nSPS) is 12.8. The van der Waals surface area contributed by atoms with Gasteiger partial charge in [-0.05, 0) is 36.8 Å². The smallest absolute Gasteiger partial charge is 0.416 e. The first kappa shape index (κ1) is 17.9. The van der Waals surface area contributed by atoms with E-state index in [1.54, 1.807) is 0 Å². The van der Waals surface area contributed by atoms with E-state index in [9.17, 15) is 27.5 Å². The van der Waals surface area contributed by atoms with E-state index in [0.717, 1.165) is 30.3 Å². The molecule has 0 aliphatic heterocycles. The van der Waals surface area contributed by atoms with Gasteiger partial charge in [0.25, 0.3) is 0 Å². The van der Waals surface area contributed by atoms with Gasteiger partial charge in [0.1, 0.15) is 24.3 Å². The third kappa shape index (κ3) is 4.32. The minimum atomic E-state index is -4.45. The highest BCUT2D eigenvalue weighted by atomic mass is 19.4. The van der Waals surface area contributed by atoms with Crippen LogP contribution < -0.4 is 4.74 Å².